The van der Waals surface area contributed by atoms with E-state index in [-0.39, 0.29) is 28.3 Å². The molecule has 0 unspecified atom stereocenters. The third-order valence-corrected chi connectivity index (χ3v) is 4.83. The van der Waals surface area contributed by atoms with Gasteiger partial charge in [0.2, 0.25) is 5.91 Å². The molecule has 0 spiro atoms. The van der Waals surface area contributed by atoms with E-state index in [1.807, 2.05) is 4.90 Å². The summed E-state index contributed by atoms with van der Waals surface area (Å²) < 4.78 is 13.9. The Bertz CT molecular complexity index is 773. The van der Waals surface area contributed by atoms with Crippen LogP contribution in [-0.2, 0) is 11.3 Å². The number of rotatable bonds is 6. The molecule has 0 atom stereocenters. The Balaban J connectivity index is 1.69. The van der Waals surface area contributed by atoms with Crippen molar-refractivity contribution in [3.05, 3.63) is 62.8 Å². The molecule has 25 heavy (non-hydrogen) atoms. The first kappa shape index (κ1) is 18.5. The number of halogens is 4. The molecule has 132 valence electrons. The Morgan fingerprint density at radius 1 is 1.16 bits per heavy atom. The van der Waals surface area contributed by atoms with Crippen LogP contribution in [0.25, 0.3) is 0 Å². The highest BCUT2D eigenvalue weighted by Crippen LogP contribution is 2.34. The van der Waals surface area contributed by atoms with Gasteiger partial charge < -0.3 is 5.32 Å². The molecule has 0 aliphatic heterocycles. The Kier molecular flexibility index (Phi) is 5.85. The van der Waals surface area contributed by atoms with Crippen LogP contribution in [0.2, 0.25) is 15.1 Å². The summed E-state index contributed by atoms with van der Waals surface area (Å²) in [4.78, 5) is 14.4. The molecule has 2 aromatic rings. The summed E-state index contributed by atoms with van der Waals surface area (Å²) >= 11 is 18.1. The first-order chi connectivity index (χ1) is 11.9. The second kappa shape index (κ2) is 7.92. The van der Waals surface area contributed by atoms with Crippen LogP contribution < -0.4 is 5.32 Å². The highest BCUT2D eigenvalue weighted by Gasteiger charge is 2.31. The fourth-order valence-electron chi connectivity index (χ4n) is 2.62. The van der Waals surface area contributed by atoms with Crippen molar-refractivity contribution in [1.29, 1.82) is 0 Å². The van der Waals surface area contributed by atoms with E-state index in [4.69, 9.17) is 34.8 Å². The van der Waals surface area contributed by atoms with E-state index in [0.717, 1.165) is 12.8 Å². The van der Waals surface area contributed by atoms with Crippen molar-refractivity contribution in [2.24, 2.45) is 0 Å². The number of hydrogen-bond acceptors (Lipinski definition) is 2. The second-order valence-electron chi connectivity index (χ2n) is 6.02. The molecule has 0 aromatic heterocycles. The molecule has 1 saturated carbocycles. The van der Waals surface area contributed by atoms with Crippen LogP contribution in [-0.4, -0.2) is 23.4 Å². The van der Waals surface area contributed by atoms with Crippen molar-refractivity contribution >= 4 is 46.4 Å². The minimum absolute atomic E-state index is 0.133. The van der Waals surface area contributed by atoms with E-state index in [1.54, 1.807) is 18.2 Å². The summed E-state index contributed by atoms with van der Waals surface area (Å²) in [5.41, 5.74) is 0.907. The van der Waals surface area contributed by atoms with Crippen LogP contribution in [0.5, 0.6) is 0 Å². The van der Waals surface area contributed by atoms with Crippen molar-refractivity contribution in [2.45, 2.75) is 25.4 Å². The second-order valence-corrected chi connectivity index (χ2v) is 7.27. The van der Waals surface area contributed by atoms with E-state index >= 15 is 0 Å². The van der Waals surface area contributed by atoms with Crippen LogP contribution >= 0.6 is 34.8 Å². The topological polar surface area (TPSA) is 32.3 Å². The number of amides is 1. The SMILES string of the molecule is O=C(CN(Cc1ccccc1F)C1CC1)Nc1c(Cl)cc(Cl)cc1Cl. The van der Waals surface area contributed by atoms with E-state index in [1.165, 1.54) is 18.2 Å². The van der Waals surface area contributed by atoms with Crippen molar-refractivity contribution in [1.82, 2.24) is 4.90 Å². The first-order valence-corrected chi connectivity index (χ1v) is 8.99. The number of carbonyl (C=O) groups is 1. The number of hydrogen-bond donors (Lipinski definition) is 1. The van der Waals surface area contributed by atoms with Gasteiger partial charge in [0.25, 0.3) is 0 Å². The minimum Gasteiger partial charge on any atom is -0.322 e. The van der Waals surface area contributed by atoms with E-state index in [9.17, 15) is 9.18 Å². The van der Waals surface area contributed by atoms with Gasteiger partial charge in [0.15, 0.2) is 0 Å². The van der Waals surface area contributed by atoms with Crippen LogP contribution in [0.4, 0.5) is 10.1 Å². The smallest absolute Gasteiger partial charge is 0.238 e. The predicted molar refractivity (Wildman–Crippen MR) is 99.9 cm³/mol. The molecule has 1 amide bonds. The average molecular weight is 402 g/mol. The van der Waals surface area contributed by atoms with Gasteiger partial charge in [-0.25, -0.2) is 4.39 Å². The molecule has 3 rings (SSSR count). The lowest BCUT2D eigenvalue weighted by atomic mass is 10.2. The first-order valence-electron chi connectivity index (χ1n) is 7.86. The third kappa shape index (κ3) is 4.85. The summed E-state index contributed by atoms with van der Waals surface area (Å²) in [6, 6.07) is 9.92. The van der Waals surface area contributed by atoms with Gasteiger partial charge in [-0.1, -0.05) is 53.0 Å². The van der Waals surface area contributed by atoms with Gasteiger partial charge in [-0.3, -0.25) is 9.69 Å². The lowest BCUT2D eigenvalue weighted by Crippen LogP contribution is -2.34. The molecular formula is C18H16Cl3FN2O. The van der Waals surface area contributed by atoms with Gasteiger partial charge in [0.1, 0.15) is 5.82 Å². The summed E-state index contributed by atoms with van der Waals surface area (Å²) in [5, 5.41) is 3.67. The summed E-state index contributed by atoms with van der Waals surface area (Å²) in [5.74, 6) is -0.522. The highest BCUT2D eigenvalue weighted by molar-refractivity contribution is 6.42. The van der Waals surface area contributed by atoms with Crippen LogP contribution in [0, 0.1) is 5.82 Å². The van der Waals surface area contributed by atoms with Gasteiger partial charge in [-0.15, -0.1) is 0 Å². The zero-order valence-electron chi connectivity index (χ0n) is 13.2. The normalized spacial score (nSPS) is 14.0. The van der Waals surface area contributed by atoms with Crippen molar-refractivity contribution in [2.75, 3.05) is 11.9 Å². The largest absolute Gasteiger partial charge is 0.322 e. The monoisotopic (exact) mass is 400 g/mol. The zero-order chi connectivity index (χ0) is 18.0. The van der Waals surface area contributed by atoms with Crippen molar-refractivity contribution < 1.29 is 9.18 Å². The molecule has 7 heteroatoms. The van der Waals surface area contributed by atoms with E-state index in [0.29, 0.717) is 28.9 Å². The van der Waals surface area contributed by atoms with Crippen LogP contribution in [0.1, 0.15) is 18.4 Å². The van der Waals surface area contributed by atoms with Gasteiger partial charge in [-0.2, -0.15) is 0 Å². The molecule has 1 aliphatic carbocycles. The molecule has 1 aliphatic rings. The molecule has 0 saturated heterocycles. The standard InChI is InChI=1S/C18H16Cl3FN2O/c19-12-7-14(20)18(15(21)8-12)23-17(25)10-24(13-5-6-13)9-11-3-1-2-4-16(11)22/h1-4,7-8,13H,5-6,9-10H2,(H,23,25). The Morgan fingerprint density at radius 3 is 2.40 bits per heavy atom. The average Bonchev–Trinajstić information content (AvgIpc) is 3.37. The van der Waals surface area contributed by atoms with Gasteiger partial charge in [0, 0.05) is 23.2 Å². The van der Waals surface area contributed by atoms with Gasteiger partial charge in [0.05, 0.1) is 22.3 Å². The quantitative estimate of drug-likeness (QED) is 0.704. The van der Waals surface area contributed by atoms with Gasteiger partial charge in [-0.05, 0) is 31.0 Å². The number of benzene rings is 2. The number of nitrogens with zero attached hydrogens (tertiary/aromatic N) is 1. The maximum absolute atomic E-state index is 13.9. The lowest BCUT2D eigenvalue weighted by Gasteiger charge is -2.22. The molecule has 0 radical (unpaired) electrons. The number of anilines is 1. The number of carbonyl (C=O) groups excluding carboxylic acids is 1. The lowest BCUT2D eigenvalue weighted by molar-refractivity contribution is -0.117. The van der Waals surface area contributed by atoms with E-state index in [2.05, 4.69) is 5.32 Å². The third-order valence-electron chi connectivity index (χ3n) is 4.01. The number of nitrogens with one attached hydrogen (secondary N) is 1. The molecule has 0 heterocycles. The van der Waals surface area contributed by atoms with Crippen LogP contribution in [0.3, 0.4) is 0 Å². The molecular weight excluding hydrogens is 386 g/mol. The minimum atomic E-state index is -0.266. The molecule has 0 bridgehead atoms. The molecule has 1 N–H and O–H groups in total. The Hall–Kier alpha value is -1.33. The predicted octanol–water partition coefficient (Wildman–Crippen LogP) is 5.39. The van der Waals surface area contributed by atoms with Crippen molar-refractivity contribution in [3.63, 3.8) is 0 Å². The molecule has 2 aromatic carbocycles. The fraction of sp³-hybridized carbons (Fsp3) is 0.278. The fourth-order valence-corrected chi connectivity index (χ4v) is 3.54. The van der Waals surface area contributed by atoms with Crippen LogP contribution in [0.15, 0.2) is 36.4 Å². The zero-order valence-corrected chi connectivity index (χ0v) is 15.5. The maximum Gasteiger partial charge on any atom is 0.238 e. The Labute approximate surface area is 160 Å². The summed E-state index contributed by atoms with van der Waals surface area (Å²) in [6.07, 6.45) is 2.01. The molecule has 3 nitrogen and oxygen atoms in total. The summed E-state index contributed by atoms with van der Waals surface area (Å²) in [6.45, 7) is 0.515. The highest BCUT2D eigenvalue weighted by atomic mass is 35.5. The maximum atomic E-state index is 13.9. The van der Waals surface area contributed by atoms with Gasteiger partial charge >= 0.3 is 0 Å². The Morgan fingerprint density at radius 2 is 1.80 bits per heavy atom. The molecule has 1 fully saturated rings. The van der Waals surface area contributed by atoms with E-state index < -0.39 is 0 Å². The summed E-state index contributed by atoms with van der Waals surface area (Å²) in [7, 11) is 0. The van der Waals surface area contributed by atoms with Crippen molar-refractivity contribution in [3.8, 4) is 0 Å².